The van der Waals surface area contributed by atoms with Crippen molar-refractivity contribution >= 4 is 17.5 Å². The maximum atomic E-state index is 11.8. The molecule has 8 heteroatoms. The van der Waals surface area contributed by atoms with Gasteiger partial charge in [-0.2, -0.15) is 0 Å². The predicted molar refractivity (Wildman–Crippen MR) is 82.2 cm³/mol. The summed E-state index contributed by atoms with van der Waals surface area (Å²) < 4.78 is 5.22. The van der Waals surface area contributed by atoms with Crippen molar-refractivity contribution in [3.05, 3.63) is 33.9 Å². The van der Waals surface area contributed by atoms with E-state index in [4.69, 9.17) is 4.74 Å². The van der Waals surface area contributed by atoms with Crippen LogP contribution in [0.1, 0.15) is 18.4 Å². The number of carbonyl (C=O) groups excluding carboxylic acids is 2. The second-order valence-electron chi connectivity index (χ2n) is 5.38. The number of aryl methyl sites for hydroxylation is 1. The number of nitrogens with one attached hydrogen (secondary N) is 1. The maximum absolute atomic E-state index is 11.8. The molecule has 23 heavy (non-hydrogen) atoms. The smallest absolute Gasteiger partial charge is 0.310 e. The van der Waals surface area contributed by atoms with Crippen molar-refractivity contribution in [1.29, 1.82) is 0 Å². The molecule has 0 spiro atoms. The third-order valence-corrected chi connectivity index (χ3v) is 3.57. The van der Waals surface area contributed by atoms with E-state index in [-0.39, 0.29) is 30.5 Å². The highest BCUT2D eigenvalue weighted by molar-refractivity contribution is 5.85. The lowest BCUT2D eigenvalue weighted by Gasteiger charge is -2.15. The van der Waals surface area contributed by atoms with Crippen LogP contribution >= 0.6 is 0 Å². The molecule has 0 aliphatic carbocycles. The van der Waals surface area contributed by atoms with Crippen LogP contribution in [0, 0.1) is 17.0 Å². The summed E-state index contributed by atoms with van der Waals surface area (Å²) >= 11 is 0. The Labute approximate surface area is 133 Å². The van der Waals surface area contributed by atoms with Gasteiger partial charge in [-0.1, -0.05) is 6.07 Å². The number of likely N-dealkylation sites (tertiary alicyclic amines) is 1. The van der Waals surface area contributed by atoms with Gasteiger partial charge in [0.1, 0.15) is 0 Å². The van der Waals surface area contributed by atoms with Crippen molar-refractivity contribution in [3.63, 3.8) is 0 Å². The number of hydrogen-bond acceptors (Lipinski definition) is 5. The summed E-state index contributed by atoms with van der Waals surface area (Å²) in [5.74, 6) is -0.582. The Hall–Kier alpha value is -2.64. The molecule has 1 fully saturated rings. The Morgan fingerprint density at radius 3 is 2.70 bits per heavy atom. The van der Waals surface area contributed by atoms with E-state index in [2.05, 4.69) is 5.32 Å². The first kappa shape index (κ1) is 16.7. The van der Waals surface area contributed by atoms with Crippen LogP contribution in [0.3, 0.4) is 0 Å². The van der Waals surface area contributed by atoms with E-state index in [0.29, 0.717) is 0 Å². The Kier molecular flexibility index (Phi) is 5.51. The van der Waals surface area contributed by atoms with Crippen LogP contribution in [-0.2, 0) is 9.59 Å². The molecule has 2 amide bonds. The van der Waals surface area contributed by atoms with E-state index in [1.807, 2.05) is 0 Å². The number of nitro groups is 1. The molecule has 0 radical (unpaired) electrons. The fraction of sp³-hybridized carbons (Fsp3) is 0.467. The topological polar surface area (TPSA) is 102 Å². The minimum atomic E-state index is -0.566. The van der Waals surface area contributed by atoms with Crippen LogP contribution in [0.4, 0.5) is 5.69 Å². The zero-order valence-electron chi connectivity index (χ0n) is 12.9. The molecule has 0 saturated carbocycles. The Morgan fingerprint density at radius 2 is 2.04 bits per heavy atom. The minimum absolute atomic E-state index is 0.0380. The highest BCUT2D eigenvalue weighted by atomic mass is 16.6. The summed E-state index contributed by atoms with van der Waals surface area (Å²) in [5.41, 5.74) is 0.590. The molecule has 0 unspecified atom stereocenters. The zero-order valence-corrected chi connectivity index (χ0v) is 12.9. The van der Waals surface area contributed by atoms with E-state index < -0.39 is 10.8 Å². The largest absolute Gasteiger partial charge is 0.477 e. The molecule has 1 N–H and O–H groups in total. The van der Waals surface area contributed by atoms with Crippen molar-refractivity contribution in [2.24, 2.45) is 0 Å². The number of hydrogen-bond donors (Lipinski definition) is 1. The lowest BCUT2D eigenvalue weighted by atomic mass is 10.2. The second-order valence-corrected chi connectivity index (χ2v) is 5.38. The number of amides is 2. The van der Waals surface area contributed by atoms with Crippen molar-refractivity contribution in [1.82, 2.24) is 10.2 Å². The molecule has 1 heterocycles. The number of ether oxygens (including phenoxy) is 1. The van der Waals surface area contributed by atoms with Gasteiger partial charge in [-0.05, 0) is 31.4 Å². The molecule has 0 bridgehead atoms. The summed E-state index contributed by atoms with van der Waals surface area (Å²) in [6.07, 6.45) is 1.97. The highest BCUT2D eigenvalue weighted by Gasteiger charge is 2.19. The molecule has 0 atom stereocenters. The standard InChI is InChI=1S/C15H19N3O5/c1-11-4-5-12(18(21)22)13(8-11)23-10-14(19)16-9-15(20)17-6-2-3-7-17/h4-5,8H,2-3,6-7,9-10H2,1H3,(H,16,19). The van der Waals surface area contributed by atoms with Gasteiger partial charge in [0.2, 0.25) is 5.91 Å². The van der Waals surface area contributed by atoms with Crippen LogP contribution in [0.5, 0.6) is 5.75 Å². The molecule has 1 aliphatic rings. The van der Waals surface area contributed by atoms with Gasteiger partial charge in [0.15, 0.2) is 12.4 Å². The van der Waals surface area contributed by atoms with E-state index in [0.717, 1.165) is 31.5 Å². The average Bonchev–Trinajstić information content (AvgIpc) is 3.04. The van der Waals surface area contributed by atoms with E-state index in [9.17, 15) is 19.7 Å². The van der Waals surface area contributed by atoms with Crippen LogP contribution < -0.4 is 10.1 Å². The molecule has 124 valence electrons. The third-order valence-electron chi connectivity index (χ3n) is 3.57. The Morgan fingerprint density at radius 1 is 1.35 bits per heavy atom. The van der Waals surface area contributed by atoms with E-state index in [1.165, 1.54) is 12.1 Å². The SMILES string of the molecule is Cc1ccc([N+](=O)[O-])c(OCC(=O)NCC(=O)N2CCCC2)c1. The Balaban J connectivity index is 1.83. The van der Waals surface area contributed by atoms with Gasteiger partial charge in [0, 0.05) is 19.2 Å². The molecule has 1 aliphatic heterocycles. The number of carbonyl (C=O) groups is 2. The summed E-state index contributed by atoms with van der Waals surface area (Å²) in [5, 5.41) is 13.4. The average molecular weight is 321 g/mol. The van der Waals surface area contributed by atoms with Gasteiger partial charge in [0.05, 0.1) is 11.5 Å². The molecule has 1 saturated heterocycles. The first-order valence-electron chi connectivity index (χ1n) is 7.39. The van der Waals surface area contributed by atoms with Crippen molar-refractivity contribution in [2.45, 2.75) is 19.8 Å². The van der Waals surface area contributed by atoms with Crippen LogP contribution in [-0.4, -0.2) is 47.9 Å². The van der Waals surface area contributed by atoms with Crippen molar-refractivity contribution in [2.75, 3.05) is 26.2 Å². The Bertz CT molecular complexity index is 611. The second kappa shape index (κ2) is 7.57. The number of nitro benzene ring substituents is 1. The van der Waals surface area contributed by atoms with Gasteiger partial charge in [-0.25, -0.2) is 0 Å². The maximum Gasteiger partial charge on any atom is 0.310 e. The lowest BCUT2D eigenvalue weighted by Crippen LogP contribution is -2.40. The normalized spacial score (nSPS) is 13.7. The number of nitrogens with zero attached hydrogens (tertiary/aromatic N) is 2. The molecule has 1 aromatic rings. The van der Waals surface area contributed by atoms with Crippen LogP contribution in [0.2, 0.25) is 0 Å². The van der Waals surface area contributed by atoms with Crippen molar-refractivity contribution < 1.29 is 19.2 Å². The van der Waals surface area contributed by atoms with Crippen LogP contribution in [0.15, 0.2) is 18.2 Å². The van der Waals surface area contributed by atoms with Gasteiger partial charge >= 0.3 is 5.69 Å². The van der Waals surface area contributed by atoms with Gasteiger partial charge in [-0.3, -0.25) is 19.7 Å². The lowest BCUT2D eigenvalue weighted by molar-refractivity contribution is -0.385. The molecular formula is C15H19N3O5. The molecule has 0 aromatic heterocycles. The molecule has 2 rings (SSSR count). The first-order valence-corrected chi connectivity index (χ1v) is 7.39. The summed E-state index contributed by atoms with van der Waals surface area (Å²) in [6.45, 7) is 2.75. The summed E-state index contributed by atoms with van der Waals surface area (Å²) in [6, 6.07) is 4.43. The fourth-order valence-electron chi connectivity index (χ4n) is 2.33. The predicted octanol–water partition coefficient (Wildman–Crippen LogP) is 1.02. The number of rotatable bonds is 6. The van der Waals surface area contributed by atoms with Gasteiger partial charge < -0.3 is 15.0 Å². The van der Waals surface area contributed by atoms with Gasteiger partial charge in [-0.15, -0.1) is 0 Å². The van der Waals surface area contributed by atoms with Crippen molar-refractivity contribution in [3.8, 4) is 5.75 Å². The van der Waals surface area contributed by atoms with Crippen LogP contribution in [0.25, 0.3) is 0 Å². The number of benzene rings is 1. The van der Waals surface area contributed by atoms with Gasteiger partial charge in [0.25, 0.3) is 5.91 Å². The quantitative estimate of drug-likeness (QED) is 0.622. The zero-order chi connectivity index (χ0) is 16.8. The van der Waals surface area contributed by atoms with E-state index >= 15 is 0 Å². The minimum Gasteiger partial charge on any atom is -0.477 e. The summed E-state index contributed by atoms with van der Waals surface area (Å²) in [7, 11) is 0. The first-order chi connectivity index (χ1) is 11.0. The highest BCUT2D eigenvalue weighted by Crippen LogP contribution is 2.27. The molecule has 8 nitrogen and oxygen atoms in total. The molecule has 1 aromatic carbocycles. The third kappa shape index (κ3) is 4.67. The molecular weight excluding hydrogens is 302 g/mol. The monoisotopic (exact) mass is 321 g/mol. The van der Waals surface area contributed by atoms with E-state index in [1.54, 1.807) is 17.9 Å². The summed E-state index contributed by atoms with van der Waals surface area (Å²) in [4.78, 5) is 35.6. The fourth-order valence-corrected chi connectivity index (χ4v) is 2.33.